The fraction of sp³-hybridized carbons (Fsp3) is 0.455. The number of nitrogens with zero attached hydrogens (tertiary/aromatic N) is 5. The fourth-order valence-electron chi connectivity index (χ4n) is 1.55. The smallest absolute Gasteiger partial charge is 0.252 e. The molecule has 0 saturated heterocycles. The van der Waals surface area contributed by atoms with Crippen LogP contribution < -0.4 is 5.73 Å². The van der Waals surface area contributed by atoms with E-state index in [1.807, 2.05) is 4.57 Å². The summed E-state index contributed by atoms with van der Waals surface area (Å²) >= 11 is 1.47. The number of hydrogen-bond donors (Lipinski definition) is 1. The predicted molar refractivity (Wildman–Crippen MR) is 72.7 cm³/mol. The highest BCUT2D eigenvalue weighted by molar-refractivity contribution is 7.98. The highest BCUT2D eigenvalue weighted by atomic mass is 32.2. The largest absolute Gasteiger partial charge is 0.375 e. The van der Waals surface area contributed by atoms with E-state index in [0.717, 1.165) is 11.0 Å². The number of aromatic nitrogens is 5. The molecule has 108 valence electrons. The molecule has 2 heterocycles. The average Bonchev–Trinajstić information content (AvgIpc) is 3.04. The third kappa shape index (κ3) is 3.44. The molecular weight excluding hydrogens is 280 g/mol. The normalized spacial score (nSPS) is 10.9. The van der Waals surface area contributed by atoms with Gasteiger partial charge in [-0.3, -0.25) is 0 Å². The Labute approximate surface area is 120 Å². The summed E-state index contributed by atoms with van der Waals surface area (Å²) in [4.78, 5) is 4.19. The van der Waals surface area contributed by atoms with E-state index in [4.69, 9.17) is 15.0 Å². The number of methoxy groups -OCH3 is 1. The van der Waals surface area contributed by atoms with Crippen LogP contribution in [0, 0.1) is 0 Å². The first-order valence-corrected chi connectivity index (χ1v) is 6.93. The molecule has 2 aromatic rings. The summed E-state index contributed by atoms with van der Waals surface area (Å²) in [5, 5.41) is 12.8. The molecule has 0 spiro atoms. The highest BCUT2D eigenvalue weighted by Gasteiger charge is 2.12. The summed E-state index contributed by atoms with van der Waals surface area (Å²) < 4.78 is 11.8. The second kappa shape index (κ2) is 7.17. The minimum absolute atomic E-state index is 0.307. The van der Waals surface area contributed by atoms with Crippen LogP contribution in [0.3, 0.4) is 0 Å². The van der Waals surface area contributed by atoms with Crippen LogP contribution in [0.2, 0.25) is 0 Å². The second-order valence-electron chi connectivity index (χ2n) is 3.83. The van der Waals surface area contributed by atoms with Gasteiger partial charge in [0.2, 0.25) is 0 Å². The van der Waals surface area contributed by atoms with Crippen LogP contribution in [0.15, 0.2) is 22.3 Å². The number of rotatable bonds is 8. The lowest BCUT2D eigenvalue weighted by atomic mass is 10.5. The standard InChI is InChI=1S/C11H16N6O2S/c1-3-4-17-9(5-12)14-15-11(17)20-7-8-13-10(6-18-2)19-16-8/h3H,1,4-7,12H2,2H3. The minimum Gasteiger partial charge on any atom is -0.375 e. The second-order valence-corrected chi connectivity index (χ2v) is 4.77. The molecule has 0 aromatic carbocycles. The number of allylic oxidation sites excluding steroid dienone is 1. The van der Waals surface area contributed by atoms with Gasteiger partial charge >= 0.3 is 0 Å². The van der Waals surface area contributed by atoms with E-state index in [1.165, 1.54) is 11.8 Å². The van der Waals surface area contributed by atoms with Crippen LogP contribution >= 0.6 is 11.8 Å². The summed E-state index contributed by atoms with van der Waals surface area (Å²) in [6.45, 7) is 4.97. The Hall–Kier alpha value is -1.71. The molecule has 0 aliphatic carbocycles. The number of thioether (sulfide) groups is 1. The summed E-state index contributed by atoms with van der Waals surface area (Å²) in [5.41, 5.74) is 5.62. The number of hydrogen-bond acceptors (Lipinski definition) is 8. The Morgan fingerprint density at radius 2 is 2.35 bits per heavy atom. The molecule has 2 rings (SSSR count). The summed E-state index contributed by atoms with van der Waals surface area (Å²) in [5.74, 6) is 2.30. The van der Waals surface area contributed by atoms with Gasteiger partial charge in [0.15, 0.2) is 11.0 Å². The quantitative estimate of drug-likeness (QED) is 0.562. The molecule has 0 bridgehead atoms. The summed E-state index contributed by atoms with van der Waals surface area (Å²) in [6, 6.07) is 0. The van der Waals surface area contributed by atoms with E-state index in [2.05, 4.69) is 26.9 Å². The van der Waals surface area contributed by atoms with Crippen LogP contribution in [0.1, 0.15) is 17.5 Å². The molecule has 0 radical (unpaired) electrons. The van der Waals surface area contributed by atoms with Crippen molar-refractivity contribution in [3.05, 3.63) is 30.2 Å². The van der Waals surface area contributed by atoms with E-state index in [0.29, 0.717) is 37.2 Å². The van der Waals surface area contributed by atoms with Gasteiger partial charge in [-0.2, -0.15) is 4.98 Å². The molecule has 0 unspecified atom stereocenters. The molecule has 2 aromatic heterocycles. The van der Waals surface area contributed by atoms with Crippen molar-refractivity contribution in [2.75, 3.05) is 7.11 Å². The average molecular weight is 296 g/mol. The maximum atomic E-state index is 5.62. The van der Waals surface area contributed by atoms with Gasteiger partial charge < -0.3 is 19.6 Å². The van der Waals surface area contributed by atoms with Crippen LogP contribution in [-0.4, -0.2) is 32.0 Å². The van der Waals surface area contributed by atoms with Gasteiger partial charge in [-0.15, -0.1) is 16.8 Å². The maximum absolute atomic E-state index is 5.62. The molecule has 20 heavy (non-hydrogen) atoms. The third-order valence-corrected chi connectivity index (χ3v) is 3.36. The van der Waals surface area contributed by atoms with Crippen LogP contribution in [0.25, 0.3) is 0 Å². The first-order valence-electron chi connectivity index (χ1n) is 5.94. The van der Waals surface area contributed by atoms with E-state index < -0.39 is 0 Å². The Bertz CT molecular complexity index is 567. The van der Waals surface area contributed by atoms with Crippen molar-refractivity contribution in [3.63, 3.8) is 0 Å². The molecule has 0 saturated carbocycles. The Morgan fingerprint density at radius 3 is 3.05 bits per heavy atom. The number of ether oxygens (including phenoxy) is 1. The number of nitrogens with two attached hydrogens (primary N) is 1. The van der Waals surface area contributed by atoms with Crippen molar-refractivity contribution in [2.45, 2.75) is 30.6 Å². The molecule has 2 N–H and O–H groups in total. The van der Waals surface area contributed by atoms with Crippen LogP contribution in [0.4, 0.5) is 0 Å². The highest BCUT2D eigenvalue weighted by Crippen LogP contribution is 2.20. The van der Waals surface area contributed by atoms with Crippen molar-refractivity contribution in [2.24, 2.45) is 5.73 Å². The Balaban J connectivity index is 2.02. The molecule has 9 heteroatoms. The zero-order valence-corrected chi connectivity index (χ0v) is 12.0. The molecular formula is C11H16N6O2S. The Kier molecular flexibility index (Phi) is 5.27. The SMILES string of the molecule is C=CCn1c(CN)nnc1SCc1noc(COC)n1. The third-order valence-electron chi connectivity index (χ3n) is 2.40. The van der Waals surface area contributed by atoms with Crippen LogP contribution in [0.5, 0.6) is 0 Å². The van der Waals surface area contributed by atoms with Crippen molar-refractivity contribution in [1.29, 1.82) is 0 Å². The molecule has 8 nitrogen and oxygen atoms in total. The van der Waals surface area contributed by atoms with Crippen molar-refractivity contribution >= 4 is 11.8 Å². The first-order chi connectivity index (χ1) is 9.78. The van der Waals surface area contributed by atoms with Gasteiger partial charge in [-0.25, -0.2) is 0 Å². The van der Waals surface area contributed by atoms with Crippen LogP contribution in [-0.2, 0) is 30.2 Å². The minimum atomic E-state index is 0.307. The van der Waals surface area contributed by atoms with Gasteiger partial charge in [0.1, 0.15) is 12.4 Å². The summed E-state index contributed by atoms with van der Waals surface area (Å²) in [7, 11) is 1.57. The molecule has 0 fully saturated rings. The zero-order valence-electron chi connectivity index (χ0n) is 11.2. The lowest BCUT2D eigenvalue weighted by molar-refractivity contribution is 0.151. The van der Waals surface area contributed by atoms with Crippen molar-refractivity contribution < 1.29 is 9.26 Å². The van der Waals surface area contributed by atoms with Gasteiger partial charge in [-0.05, 0) is 0 Å². The van der Waals surface area contributed by atoms with Gasteiger partial charge in [0, 0.05) is 13.7 Å². The monoisotopic (exact) mass is 296 g/mol. The topological polar surface area (TPSA) is 105 Å². The zero-order chi connectivity index (χ0) is 14.4. The first kappa shape index (κ1) is 14.7. The van der Waals surface area contributed by atoms with Gasteiger partial charge in [0.05, 0.1) is 12.3 Å². The van der Waals surface area contributed by atoms with Crippen molar-refractivity contribution in [3.8, 4) is 0 Å². The van der Waals surface area contributed by atoms with Gasteiger partial charge in [-0.1, -0.05) is 23.0 Å². The maximum Gasteiger partial charge on any atom is 0.252 e. The van der Waals surface area contributed by atoms with Gasteiger partial charge in [0.25, 0.3) is 5.89 Å². The Morgan fingerprint density at radius 1 is 1.50 bits per heavy atom. The fourth-order valence-corrected chi connectivity index (χ4v) is 2.36. The predicted octanol–water partition coefficient (Wildman–Crippen LogP) is 0.745. The van der Waals surface area contributed by atoms with E-state index in [1.54, 1.807) is 13.2 Å². The van der Waals surface area contributed by atoms with E-state index in [9.17, 15) is 0 Å². The van der Waals surface area contributed by atoms with Crippen molar-refractivity contribution in [1.82, 2.24) is 24.9 Å². The molecule has 0 aliphatic heterocycles. The van der Waals surface area contributed by atoms with E-state index >= 15 is 0 Å². The lowest BCUT2D eigenvalue weighted by Gasteiger charge is -2.04. The molecule has 0 atom stereocenters. The lowest BCUT2D eigenvalue weighted by Crippen LogP contribution is -2.08. The molecule has 0 aliphatic rings. The molecule has 0 amide bonds. The van der Waals surface area contributed by atoms with E-state index in [-0.39, 0.29) is 0 Å². The summed E-state index contributed by atoms with van der Waals surface area (Å²) in [6.07, 6.45) is 1.78.